The fourth-order valence-electron chi connectivity index (χ4n) is 4.11. The standard InChI is InChI=1S/C19H29N3O/c1-13(14-8-6-5-7-9-14)12-21-18(20-4)22-16-15-10-11-23-17(15)19(16,2)3/h5-9,13,15-17H,10-12H2,1-4H3,(H2,20,21,22). The highest BCUT2D eigenvalue weighted by molar-refractivity contribution is 5.80. The Balaban J connectivity index is 1.55. The van der Waals surface area contributed by atoms with E-state index in [1.807, 2.05) is 7.05 Å². The Morgan fingerprint density at radius 3 is 2.78 bits per heavy atom. The van der Waals surface area contributed by atoms with Crippen molar-refractivity contribution in [2.24, 2.45) is 16.3 Å². The third-order valence-electron chi connectivity index (χ3n) is 5.56. The summed E-state index contributed by atoms with van der Waals surface area (Å²) in [5, 5.41) is 7.11. The van der Waals surface area contributed by atoms with Gasteiger partial charge in [0.05, 0.1) is 6.10 Å². The number of ether oxygens (including phenoxy) is 1. The molecule has 4 unspecified atom stereocenters. The van der Waals surface area contributed by atoms with Gasteiger partial charge in [0.25, 0.3) is 0 Å². The molecule has 2 aliphatic rings. The van der Waals surface area contributed by atoms with Crippen LogP contribution in [0.2, 0.25) is 0 Å². The summed E-state index contributed by atoms with van der Waals surface area (Å²) in [6.07, 6.45) is 1.56. The lowest BCUT2D eigenvalue weighted by Gasteiger charge is -2.54. The Kier molecular flexibility index (Phi) is 4.62. The van der Waals surface area contributed by atoms with Crippen LogP contribution in [0.5, 0.6) is 0 Å². The van der Waals surface area contributed by atoms with E-state index in [1.54, 1.807) is 0 Å². The van der Waals surface area contributed by atoms with E-state index in [0.29, 0.717) is 24.0 Å². The lowest BCUT2D eigenvalue weighted by molar-refractivity contribution is -0.106. The van der Waals surface area contributed by atoms with Crippen LogP contribution < -0.4 is 10.6 Å². The average molecular weight is 315 g/mol. The van der Waals surface area contributed by atoms with Crippen molar-refractivity contribution in [2.45, 2.75) is 45.3 Å². The Hall–Kier alpha value is -1.55. The van der Waals surface area contributed by atoms with Crippen LogP contribution in [0.3, 0.4) is 0 Å². The van der Waals surface area contributed by atoms with Crippen LogP contribution in [0, 0.1) is 11.3 Å². The lowest BCUT2D eigenvalue weighted by Crippen LogP contribution is -2.68. The van der Waals surface area contributed by atoms with Crippen molar-refractivity contribution in [1.82, 2.24) is 10.6 Å². The summed E-state index contributed by atoms with van der Waals surface area (Å²) in [5.41, 5.74) is 1.52. The van der Waals surface area contributed by atoms with Crippen LogP contribution in [0.25, 0.3) is 0 Å². The van der Waals surface area contributed by atoms with E-state index in [-0.39, 0.29) is 5.41 Å². The van der Waals surface area contributed by atoms with E-state index in [0.717, 1.165) is 25.5 Å². The Morgan fingerprint density at radius 1 is 1.35 bits per heavy atom. The van der Waals surface area contributed by atoms with Gasteiger partial charge >= 0.3 is 0 Å². The van der Waals surface area contributed by atoms with E-state index in [2.05, 4.69) is 66.7 Å². The molecule has 3 rings (SSSR count). The monoisotopic (exact) mass is 315 g/mol. The van der Waals surface area contributed by atoms with Gasteiger partial charge in [0.2, 0.25) is 0 Å². The maximum Gasteiger partial charge on any atom is 0.191 e. The summed E-state index contributed by atoms with van der Waals surface area (Å²) in [6.45, 7) is 8.59. The van der Waals surface area contributed by atoms with Gasteiger partial charge in [-0.3, -0.25) is 4.99 Å². The van der Waals surface area contributed by atoms with Crippen molar-refractivity contribution >= 4 is 5.96 Å². The Bertz CT molecular complexity index is 555. The minimum absolute atomic E-state index is 0.170. The zero-order valence-electron chi connectivity index (χ0n) is 14.7. The third-order valence-corrected chi connectivity index (χ3v) is 5.56. The zero-order chi connectivity index (χ0) is 16.4. The van der Waals surface area contributed by atoms with Crippen LogP contribution in [-0.4, -0.2) is 38.3 Å². The maximum atomic E-state index is 5.87. The third kappa shape index (κ3) is 3.09. The molecule has 1 aromatic rings. The first-order chi connectivity index (χ1) is 11.0. The van der Waals surface area contributed by atoms with Gasteiger partial charge in [0, 0.05) is 37.6 Å². The molecule has 1 aliphatic heterocycles. The predicted octanol–water partition coefficient (Wildman–Crippen LogP) is 2.77. The molecule has 0 aromatic heterocycles. The fraction of sp³-hybridized carbons (Fsp3) is 0.632. The molecule has 1 saturated carbocycles. The maximum absolute atomic E-state index is 5.87. The van der Waals surface area contributed by atoms with Crippen molar-refractivity contribution in [3.8, 4) is 0 Å². The van der Waals surface area contributed by atoms with Gasteiger partial charge in [0.15, 0.2) is 5.96 Å². The molecule has 4 atom stereocenters. The van der Waals surface area contributed by atoms with Crippen molar-refractivity contribution in [2.75, 3.05) is 20.2 Å². The number of hydrogen-bond acceptors (Lipinski definition) is 2. The molecule has 2 fully saturated rings. The van der Waals surface area contributed by atoms with Gasteiger partial charge in [-0.2, -0.15) is 0 Å². The second kappa shape index (κ2) is 6.52. The molecule has 23 heavy (non-hydrogen) atoms. The van der Waals surface area contributed by atoms with E-state index in [1.165, 1.54) is 5.56 Å². The molecular weight excluding hydrogens is 286 g/mol. The number of rotatable bonds is 4. The highest BCUT2D eigenvalue weighted by Gasteiger charge is 2.59. The molecule has 4 nitrogen and oxygen atoms in total. The number of benzene rings is 1. The van der Waals surface area contributed by atoms with E-state index < -0.39 is 0 Å². The van der Waals surface area contributed by atoms with Gasteiger partial charge in [-0.1, -0.05) is 51.1 Å². The van der Waals surface area contributed by atoms with Crippen molar-refractivity contribution in [1.29, 1.82) is 0 Å². The van der Waals surface area contributed by atoms with E-state index >= 15 is 0 Å². The van der Waals surface area contributed by atoms with Crippen LogP contribution >= 0.6 is 0 Å². The first kappa shape index (κ1) is 16.3. The van der Waals surface area contributed by atoms with Crippen LogP contribution in [0.4, 0.5) is 0 Å². The molecule has 2 N–H and O–H groups in total. The summed E-state index contributed by atoms with van der Waals surface area (Å²) in [6, 6.07) is 11.0. The number of guanidine groups is 1. The number of hydrogen-bond donors (Lipinski definition) is 2. The topological polar surface area (TPSA) is 45.7 Å². The van der Waals surface area contributed by atoms with E-state index in [4.69, 9.17) is 4.74 Å². The Labute approximate surface area is 139 Å². The van der Waals surface area contributed by atoms with E-state index in [9.17, 15) is 0 Å². The van der Waals surface area contributed by atoms with Crippen molar-refractivity contribution < 1.29 is 4.74 Å². The minimum Gasteiger partial charge on any atom is -0.377 e. The average Bonchev–Trinajstić information content (AvgIpc) is 3.02. The van der Waals surface area contributed by atoms with Gasteiger partial charge in [0.1, 0.15) is 0 Å². The number of nitrogens with one attached hydrogen (secondary N) is 2. The molecule has 1 saturated heterocycles. The van der Waals surface area contributed by atoms with Gasteiger partial charge in [-0.25, -0.2) is 0 Å². The Morgan fingerprint density at radius 2 is 2.09 bits per heavy atom. The first-order valence-corrected chi connectivity index (χ1v) is 8.67. The number of fused-ring (bicyclic) bond motifs is 1. The quantitative estimate of drug-likeness (QED) is 0.663. The van der Waals surface area contributed by atoms with Crippen molar-refractivity contribution in [3.63, 3.8) is 0 Å². The summed E-state index contributed by atoms with van der Waals surface area (Å²) >= 11 is 0. The number of aliphatic imine (C=N–C) groups is 1. The fourth-order valence-corrected chi connectivity index (χ4v) is 4.11. The summed E-state index contributed by atoms with van der Waals surface area (Å²) in [7, 11) is 1.84. The van der Waals surface area contributed by atoms with Gasteiger partial charge in [-0.05, 0) is 17.9 Å². The molecule has 0 spiro atoms. The zero-order valence-corrected chi connectivity index (χ0v) is 14.7. The lowest BCUT2D eigenvalue weighted by atomic mass is 9.57. The normalized spacial score (nSPS) is 30.3. The van der Waals surface area contributed by atoms with Crippen molar-refractivity contribution in [3.05, 3.63) is 35.9 Å². The second-order valence-electron chi connectivity index (χ2n) is 7.45. The van der Waals surface area contributed by atoms with Crippen LogP contribution in [-0.2, 0) is 4.74 Å². The molecule has 1 heterocycles. The SMILES string of the molecule is CN=C(NCC(C)c1ccccc1)NC1C2CCOC2C1(C)C. The summed E-state index contributed by atoms with van der Waals surface area (Å²) in [4.78, 5) is 4.41. The first-order valence-electron chi connectivity index (χ1n) is 8.67. The summed E-state index contributed by atoms with van der Waals surface area (Å²) in [5.74, 6) is 1.97. The summed E-state index contributed by atoms with van der Waals surface area (Å²) < 4.78 is 5.87. The van der Waals surface area contributed by atoms with Crippen LogP contribution in [0.15, 0.2) is 35.3 Å². The van der Waals surface area contributed by atoms with Gasteiger partial charge < -0.3 is 15.4 Å². The van der Waals surface area contributed by atoms with Gasteiger partial charge in [-0.15, -0.1) is 0 Å². The number of nitrogens with zero attached hydrogens (tertiary/aromatic N) is 1. The predicted molar refractivity (Wildman–Crippen MR) is 94.8 cm³/mol. The second-order valence-corrected chi connectivity index (χ2v) is 7.45. The van der Waals surface area contributed by atoms with Crippen LogP contribution in [0.1, 0.15) is 38.7 Å². The molecule has 0 bridgehead atoms. The minimum atomic E-state index is 0.170. The molecule has 0 amide bonds. The molecular formula is C19H29N3O. The molecule has 1 aromatic carbocycles. The molecule has 1 aliphatic carbocycles. The molecule has 126 valence electrons. The molecule has 0 radical (unpaired) electrons. The highest BCUT2D eigenvalue weighted by Crippen LogP contribution is 2.52. The molecule has 4 heteroatoms. The smallest absolute Gasteiger partial charge is 0.191 e. The largest absolute Gasteiger partial charge is 0.377 e. The highest BCUT2D eigenvalue weighted by atomic mass is 16.5.